The van der Waals surface area contributed by atoms with Crippen molar-refractivity contribution in [2.45, 2.75) is 6.92 Å². The molecule has 0 bridgehead atoms. The number of hydrogen-bond donors (Lipinski definition) is 2. The molecule has 162 valence electrons. The summed E-state index contributed by atoms with van der Waals surface area (Å²) < 4.78 is 16.6. The summed E-state index contributed by atoms with van der Waals surface area (Å²) in [5, 5.41) is 5.85. The monoisotopic (exact) mass is 447 g/mol. The highest BCUT2D eigenvalue weighted by Crippen LogP contribution is 2.29. The fourth-order valence-electron chi connectivity index (χ4n) is 3.03. The molecule has 0 atom stereocenters. The van der Waals surface area contributed by atoms with E-state index in [1.54, 1.807) is 19.2 Å². The number of nitrogens with zero attached hydrogens (tertiary/aromatic N) is 1. The van der Waals surface area contributed by atoms with Gasteiger partial charge < -0.3 is 19.2 Å². The molecule has 4 aromatic rings. The van der Waals surface area contributed by atoms with Crippen molar-refractivity contribution in [1.29, 1.82) is 0 Å². The highest BCUT2D eigenvalue weighted by molar-refractivity contribution is 7.80. The Morgan fingerprint density at radius 1 is 1.06 bits per heavy atom. The van der Waals surface area contributed by atoms with Crippen LogP contribution in [0.4, 0.5) is 5.69 Å². The smallest absolute Gasteiger partial charge is 0.264 e. The first-order valence-corrected chi connectivity index (χ1v) is 10.3. The minimum atomic E-state index is -0.354. The Labute approximate surface area is 190 Å². The Morgan fingerprint density at radius 2 is 1.88 bits per heavy atom. The van der Waals surface area contributed by atoms with Crippen LogP contribution >= 0.6 is 12.2 Å². The fraction of sp³-hybridized carbons (Fsp3) is 0.125. The standard InChI is InChI=1S/C24H21N3O4S/c1-15-8-9-16(23-25-20-13-18(29-2)10-11-21(20)31-23)12-19(15)26-24(32)27-22(28)14-30-17-6-4-3-5-7-17/h3-13H,14H2,1-2H3,(H2,26,27,28,32). The van der Waals surface area contributed by atoms with E-state index in [1.165, 1.54) is 0 Å². The van der Waals surface area contributed by atoms with Crippen molar-refractivity contribution in [1.82, 2.24) is 10.3 Å². The van der Waals surface area contributed by atoms with Crippen molar-refractivity contribution in [3.05, 3.63) is 72.3 Å². The van der Waals surface area contributed by atoms with E-state index >= 15 is 0 Å². The number of ether oxygens (including phenoxy) is 2. The predicted octanol–water partition coefficient (Wildman–Crippen LogP) is 4.70. The number of thiocarbonyl (C=S) groups is 1. The maximum absolute atomic E-state index is 12.1. The number of aromatic nitrogens is 1. The second-order valence-electron chi connectivity index (χ2n) is 6.99. The van der Waals surface area contributed by atoms with Crippen LogP contribution in [0.3, 0.4) is 0 Å². The molecule has 0 aliphatic heterocycles. The largest absolute Gasteiger partial charge is 0.497 e. The van der Waals surface area contributed by atoms with Gasteiger partial charge in [-0.05, 0) is 61.1 Å². The van der Waals surface area contributed by atoms with Crippen LogP contribution in [0.1, 0.15) is 5.56 Å². The third-order valence-electron chi connectivity index (χ3n) is 4.69. The lowest BCUT2D eigenvalue weighted by Gasteiger charge is -2.13. The highest BCUT2D eigenvalue weighted by atomic mass is 32.1. The van der Waals surface area contributed by atoms with E-state index in [0.29, 0.717) is 28.5 Å². The van der Waals surface area contributed by atoms with Crippen molar-refractivity contribution in [2.24, 2.45) is 0 Å². The number of anilines is 1. The topological polar surface area (TPSA) is 85.6 Å². The summed E-state index contributed by atoms with van der Waals surface area (Å²) in [5.74, 6) is 1.44. The lowest BCUT2D eigenvalue weighted by molar-refractivity contribution is -0.121. The van der Waals surface area contributed by atoms with Crippen molar-refractivity contribution in [3.8, 4) is 23.0 Å². The average molecular weight is 448 g/mol. The van der Waals surface area contributed by atoms with Gasteiger partial charge in [0.15, 0.2) is 17.3 Å². The number of amides is 1. The first-order chi connectivity index (χ1) is 15.5. The van der Waals surface area contributed by atoms with E-state index in [2.05, 4.69) is 15.6 Å². The summed E-state index contributed by atoms with van der Waals surface area (Å²) in [5.41, 5.74) is 3.82. The number of carbonyl (C=O) groups excluding carboxylic acids is 1. The maximum Gasteiger partial charge on any atom is 0.264 e. The average Bonchev–Trinajstić information content (AvgIpc) is 3.23. The van der Waals surface area contributed by atoms with Crippen LogP contribution in [0.25, 0.3) is 22.6 Å². The summed E-state index contributed by atoms with van der Waals surface area (Å²) >= 11 is 5.29. The van der Waals surface area contributed by atoms with Gasteiger partial charge in [-0.1, -0.05) is 24.3 Å². The van der Waals surface area contributed by atoms with Crippen LogP contribution < -0.4 is 20.1 Å². The molecule has 0 unspecified atom stereocenters. The summed E-state index contributed by atoms with van der Waals surface area (Å²) in [7, 11) is 1.61. The Balaban J connectivity index is 1.43. The quantitative estimate of drug-likeness (QED) is 0.414. The molecule has 7 nitrogen and oxygen atoms in total. The number of hydrogen-bond acceptors (Lipinski definition) is 6. The fourth-order valence-corrected chi connectivity index (χ4v) is 3.25. The van der Waals surface area contributed by atoms with E-state index in [0.717, 1.165) is 16.8 Å². The van der Waals surface area contributed by atoms with Crippen LogP contribution in [0.5, 0.6) is 11.5 Å². The second kappa shape index (κ2) is 9.49. The zero-order valence-electron chi connectivity index (χ0n) is 17.5. The maximum atomic E-state index is 12.1. The first-order valence-electron chi connectivity index (χ1n) is 9.86. The van der Waals surface area contributed by atoms with E-state index in [-0.39, 0.29) is 17.6 Å². The predicted molar refractivity (Wildman–Crippen MR) is 127 cm³/mol. The van der Waals surface area contributed by atoms with Gasteiger partial charge in [0.05, 0.1) is 7.11 Å². The molecular formula is C24H21N3O4S. The molecule has 32 heavy (non-hydrogen) atoms. The Bertz CT molecular complexity index is 1270. The molecule has 0 aliphatic rings. The summed E-state index contributed by atoms with van der Waals surface area (Å²) in [6.07, 6.45) is 0. The van der Waals surface area contributed by atoms with Gasteiger partial charge in [0.1, 0.15) is 17.0 Å². The minimum absolute atomic E-state index is 0.142. The van der Waals surface area contributed by atoms with Crippen LogP contribution in [-0.2, 0) is 4.79 Å². The summed E-state index contributed by atoms with van der Waals surface area (Å²) in [4.78, 5) is 16.7. The number of rotatable bonds is 6. The van der Waals surface area contributed by atoms with Crippen LogP contribution in [0.15, 0.2) is 71.1 Å². The van der Waals surface area contributed by atoms with Gasteiger partial charge in [-0.2, -0.15) is 0 Å². The van der Waals surface area contributed by atoms with Crippen molar-refractivity contribution in [3.63, 3.8) is 0 Å². The van der Waals surface area contributed by atoms with Gasteiger partial charge in [-0.25, -0.2) is 4.98 Å². The third kappa shape index (κ3) is 5.04. The van der Waals surface area contributed by atoms with E-state index in [1.807, 2.05) is 61.5 Å². The second-order valence-corrected chi connectivity index (χ2v) is 7.39. The molecule has 4 rings (SSSR count). The van der Waals surface area contributed by atoms with Crippen molar-refractivity contribution in [2.75, 3.05) is 19.0 Å². The van der Waals surface area contributed by atoms with Gasteiger partial charge in [0, 0.05) is 17.3 Å². The molecule has 0 saturated heterocycles. The van der Waals surface area contributed by atoms with Crippen LogP contribution in [0.2, 0.25) is 0 Å². The molecule has 1 heterocycles. The minimum Gasteiger partial charge on any atom is -0.497 e. The number of nitrogens with one attached hydrogen (secondary N) is 2. The molecule has 8 heteroatoms. The van der Waals surface area contributed by atoms with Gasteiger partial charge in [0.2, 0.25) is 5.89 Å². The molecule has 0 aliphatic carbocycles. The lowest BCUT2D eigenvalue weighted by atomic mass is 10.1. The Morgan fingerprint density at radius 3 is 2.66 bits per heavy atom. The van der Waals surface area contributed by atoms with Crippen molar-refractivity contribution < 1.29 is 18.7 Å². The molecule has 1 amide bonds. The molecule has 0 spiro atoms. The number of para-hydroxylation sites is 1. The zero-order valence-corrected chi connectivity index (χ0v) is 18.4. The number of carbonyl (C=O) groups is 1. The molecule has 3 aromatic carbocycles. The number of methoxy groups -OCH3 is 1. The lowest BCUT2D eigenvalue weighted by Crippen LogP contribution is -2.37. The Kier molecular flexibility index (Phi) is 6.32. The van der Waals surface area contributed by atoms with Crippen LogP contribution in [0, 0.1) is 6.92 Å². The van der Waals surface area contributed by atoms with E-state index < -0.39 is 0 Å². The normalized spacial score (nSPS) is 10.6. The number of benzene rings is 3. The molecule has 0 saturated carbocycles. The summed E-state index contributed by atoms with van der Waals surface area (Å²) in [6, 6.07) is 20.3. The van der Waals surface area contributed by atoms with Gasteiger partial charge in [-0.3, -0.25) is 10.1 Å². The zero-order chi connectivity index (χ0) is 22.5. The van der Waals surface area contributed by atoms with Gasteiger partial charge in [0.25, 0.3) is 5.91 Å². The first kappa shape index (κ1) is 21.3. The molecular weight excluding hydrogens is 426 g/mol. The van der Waals surface area contributed by atoms with Gasteiger partial charge in [-0.15, -0.1) is 0 Å². The third-order valence-corrected chi connectivity index (χ3v) is 4.90. The highest BCUT2D eigenvalue weighted by Gasteiger charge is 2.12. The summed E-state index contributed by atoms with van der Waals surface area (Å²) in [6.45, 7) is 1.79. The van der Waals surface area contributed by atoms with Crippen LogP contribution in [-0.4, -0.2) is 29.7 Å². The number of aryl methyl sites for hydroxylation is 1. The van der Waals surface area contributed by atoms with E-state index in [9.17, 15) is 4.79 Å². The Hall–Kier alpha value is -3.91. The molecule has 0 fully saturated rings. The SMILES string of the molecule is COc1ccc2oc(-c3ccc(C)c(NC(=S)NC(=O)COc4ccccc4)c3)nc2c1. The van der Waals surface area contributed by atoms with Gasteiger partial charge >= 0.3 is 0 Å². The molecule has 2 N–H and O–H groups in total. The molecule has 0 radical (unpaired) electrons. The number of fused-ring (bicyclic) bond motifs is 1. The van der Waals surface area contributed by atoms with E-state index in [4.69, 9.17) is 26.1 Å². The number of oxazole rings is 1. The molecule has 1 aromatic heterocycles. The van der Waals surface area contributed by atoms with Crippen molar-refractivity contribution >= 4 is 40.0 Å².